The average Bonchev–Trinajstić information content (AvgIpc) is 2.87. The molecular weight excluding hydrogens is 543 g/mol. The molecule has 10 heteroatoms. The summed E-state index contributed by atoms with van der Waals surface area (Å²) < 4.78 is 27.2. The lowest BCUT2D eigenvalue weighted by atomic mass is 9.96. The molecule has 0 bridgehead atoms. The van der Waals surface area contributed by atoms with E-state index in [0.717, 1.165) is 0 Å². The van der Waals surface area contributed by atoms with Crippen molar-refractivity contribution in [2.45, 2.75) is 18.6 Å². The van der Waals surface area contributed by atoms with Gasteiger partial charge in [-0.15, -0.1) is 0 Å². The molecule has 1 heterocycles. The van der Waals surface area contributed by atoms with Gasteiger partial charge in [0.25, 0.3) is 0 Å². The van der Waals surface area contributed by atoms with Gasteiger partial charge in [0.2, 0.25) is 15.9 Å². The molecule has 3 aromatic carbocycles. The summed E-state index contributed by atoms with van der Waals surface area (Å²) in [6.45, 7) is 0.421. The fraction of sp³-hybridized carbons (Fsp3) is 0.231. The lowest BCUT2D eigenvalue weighted by Crippen LogP contribution is -2.42. The summed E-state index contributed by atoms with van der Waals surface area (Å²) in [4.78, 5) is 26.1. The lowest BCUT2D eigenvalue weighted by Gasteiger charge is -2.30. The van der Waals surface area contributed by atoms with Crippen LogP contribution in [0.15, 0.2) is 66.7 Å². The summed E-state index contributed by atoms with van der Waals surface area (Å²) >= 11 is 18.2. The summed E-state index contributed by atoms with van der Waals surface area (Å²) in [5.74, 6) is -1.16. The van der Waals surface area contributed by atoms with Gasteiger partial charge in [-0.2, -0.15) is 0 Å². The molecule has 0 spiro atoms. The number of ketones is 1. The molecule has 0 aromatic heterocycles. The smallest absolute Gasteiger partial charge is 0.227 e. The second kappa shape index (κ2) is 11.3. The van der Waals surface area contributed by atoms with Gasteiger partial charge in [-0.25, -0.2) is 12.7 Å². The molecule has 1 aliphatic heterocycles. The van der Waals surface area contributed by atoms with Crippen LogP contribution in [0.2, 0.25) is 15.1 Å². The number of carbonyl (C=O) groups is 2. The van der Waals surface area contributed by atoms with E-state index in [-0.39, 0.29) is 30.5 Å². The summed E-state index contributed by atoms with van der Waals surface area (Å²) in [6, 6.07) is 18.2. The van der Waals surface area contributed by atoms with Crippen molar-refractivity contribution >= 4 is 62.2 Å². The molecule has 4 rings (SSSR count). The van der Waals surface area contributed by atoms with Crippen molar-refractivity contribution in [1.29, 1.82) is 0 Å². The first-order valence-electron chi connectivity index (χ1n) is 11.3. The van der Waals surface area contributed by atoms with E-state index in [2.05, 4.69) is 5.32 Å². The number of rotatable bonds is 7. The van der Waals surface area contributed by atoms with Crippen LogP contribution in [0.1, 0.15) is 34.3 Å². The Morgan fingerprint density at radius 2 is 1.53 bits per heavy atom. The van der Waals surface area contributed by atoms with Gasteiger partial charge in [0.1, 0.15) is 0 Å². The van der Waals surface area contributed by atoms with Crippen LogP contribution in [0.5, 0.6) is 0 Å². The van der Waals surface area contributed by atoms with E-state index in [0.29, 0.717) is 50.3 Å². The number of amides is 1. The highest BCUT2D eigenvalue weighted by molar-refractivity contribution is 7.88. The minimum absolute atomic E-state index is 0.210. The minimum atomic E-state index is -3.62. The Bertz CT molecular complexity index is 1390. The first-order chi connectivity index (χ1) is 17.1. The quantitative estimate of drug-likeness (QED) is 0.353. The second-order valence-corrected chi connectivity index (χ2v) is 11.8. The maximum atomic E-state index is 13.0. The van der Waals surface area contributed by atoms with E-state index in [1.807, 2.05) is 6.07 Å². The van der Waals surface area contributed by atoms with E-state index in [4.69, 9.17) is 34.8 Å². The molecule has 1 aliphatic rings. The zero-order valence-electron chi connectivity index (χ0n) is 19.1. The minimum Gasteiger partial charge on any atom is -0.325 e. The molecule has 0 atom stereocenters. The molecular formula is C26H23Cl3N2O4S. The van der Waals surface area contributed by atoms with E-state index in [1.54, 1.807) is 48.5 Å². The van der Waals surface area contributed by atoms with Gasteiger partial charge in [0.15, 0.2) is 5.78 Å². The fourth-order valence-electron chi connectivity index (χ4n) is 4.12. The van der Waals surface area contributed by atoms with Gasteiger partial charge < -0.3 is 5.32 Å². The Kier molecular flexibility index (Phi) is 8.37. The molecule has 1 amide bonds. The summed E-state index contributed by atoms with van der Waals surface area (Å²) in [6.07, 6.45) is 0.712. The van der Waals surface area contributed by atoms with Crippen molar-refractivity contribution in [2.24, 2.45) is 5.92 Å². The van der Waals surface area contributed by atoms with E-state index < -0.39 is 15.9 Å². The molecule has 1 fully saturated rings. The Hall–Kier alpha value is -2.42. The van der Waals surface area contributed by atoms with Crippen LogP contribution < -0.4 is 5.32 Å². The van der Waals surface area contributed by atoms with Crippen molar-refractivity contribution in [3.8, 4) is 0 Å². The molecule has 1 saturated heterocycles. The number of hydrogen-bond acceptors (Lipinski definition) is 4. The molecule has 6 nitrogen and oxygen atoms in total. The normalized spacial score (nSPS) is 15.0. The van der Waals surface area contributed by atoms with Gasteiger partial charge in [-0.3, -0.25) is 9.59 Å². The first-order valence-corrected chi connectivity index (χ1v) is 14.0. The number of benzene rings is 3. The third-order valence-electron chi connectivity index (χ3n) is 6.09. The van der Waals surface area contributed by atoms with E-state index in [1.165, 1.54) is 16.4 Å². The molecule has 36 heavy (non-hydrogen) atoms. The largest absolute Gasteiger partial charge is 0.325 e. The van der Waals surface area contributed by atoms with Crippen LogP contribution in [0, 0.1) is 5.92 Å². The van der Waals surface area contributed by atoms with Crippen molar-refractivity contribution in [3.63, 3.8) is 0 Å². The van der Waals surface area contributed by atoms with Crippen molar-refractivity contribution < 1.29 is 18.0 Å². The molecule has 188 valence electrons. The third kappa shape index (κ3) is 6.28. The van der Waals surface area contributed by atoms with E-state index in [9.17, 15) is 18.0 Å². The Labute approximate surface area is 225 Å². The summed E-state index contributed by atoms with van der Waals surface area (Å²) in [7, 11) is -3.62. The zero-order valence-corrected chi connectivity index (χ0v) is 22.2. The number of carbonyl (C=O) groups excluding carboxylic acids is 2. The standard InChI is InChI=1S/C26H23Cl3N2O4S/c27-20-8-9-24(22(14-20)25(32)17-4-2-1-3-5-17)30-26(33)18-10-12-31(13-11-18)36(34,35)16-19-6-7-21(28)15-23(19)29/h1-9,14-15,18H,10-13,16H2,(H,30,33). The number of sulfonamides is 1. The maximum Gasteiger partial charge on any atom is 0.227 e. The van der Waals surface area contributed by atoms with Gasteiger partial charge in [0.05, 0.1) is 11.4 Å². The lowest BCUT2D eigenvalue weighted by molar-refractivity contribution is -0.120. The van der Waals surface area contributed by atoms with Crippen LogP contribution in [0.3, 0.4) is 0 Å². The topological polar surface area (TPSA) is 83.6 Å². The first kappa shape index (κ1) is 26.6. The number of nitrogens with zero attached hydrogens (tertiary/aromatic N) is 1. The van der Waals surface area contributed by atoms with Crippen LogP contribution >= 0.6 is 34.8 Å². The predicted octanol–water partition coefficient (Wildman–Crippen LogP) is 6.06. The Morgan fingerprint density at radius 1 is 0.889 bits per heavy atom. The zero-order chi connectivity index (χ0) is 25.9. The van der Waals surface area contributed by atoms with Gasteiger partial charge >= 0.3 is 0 Å². The van der Waals surface area contributed by atoms with Crippen LogP contribution in [0.4, 0.5) is 5.69 Å². The number of halogens is 3. The summed E-state index contributed by atoms with van der Waals surface area (Å²) in [5, 5.41) is 3.96. The third-order valence-corrected chi connectivity index (χ3v) is 8.74. The summed E-state index contributed by atoms with van der Waals surface area (Å²) in [5.41, 5.74) is 1.61. The molecule has 0 unspecified atom stereocenters. The van der Waals surface area contributed by atoms with E-state index >= 15 is 0 Å². The predicted molar refractivity (Wildman–Crippen MR) is 143 cm³/mol. The number of piperidine rings is 1. The average molecular weight is 566 g/mol. The highest BCUT2D eigenvalue weighted by Crippen LogP contribution is 2.28. The number of nitrogens with one attached hydrogen (secondary N) is 1. The monoisotopic (exact) mass is 564 g/mol. The molecule has 3 aromatic rings. The van der Waals surface area contributed by atoms with Gasteiger partial charge in [0, 0.05) is 45.2 Å². The number of anilines is 1. The van der Waals surface area contributed by atoms with Gasteiger partial charge in [-0.05, 0) is 48.7 Å². The van der Waals surface area contributed by atoms with Crippen LogP contribution in [-0.2, 0) is 20.6 Å². The molecule has 0 aliphatic carbocycles. The van der Waals surface area contributed by atoms with Crippen molar-refractivity contribution in [1.82, 2.24) is 4.31 Å². The van der Waals surface area contributed by atoms with Crippen LogP contribution in [0.25, 0.3) is 0 Å². The highest BCUT2D eigenvalue weighted by atomic mass is 35.5. The molecule has 0 radical (unpaired) electrons. The van der Waals surface area contributed by atoms with Crippen molar-refractivity contribution in [3.05, 3.63) is 98.5 Å². The number of hydrogen-bond donors (Lipinski definition) is 1. The Balaban J connectivity index is 1.41. The Morgan fingerprint density at radius 3 is 2.19 bits per heavy atom. The van der Waals surface area contributed by atoms with Crippen LogP contribution in [-0.4, -0.2) is 37.5 Å². The maximum absolute atomic E-state index is 13.0. The molecule has 0 saturated carbocycles. The highest BCUT2D eigenvalue weighted by Gasteiger charge is 2.32. The van der Waals surface area contributed by atoms with Gasteiger partial charge in [-0.1, -0.05) is 71.2 Å². The van der Waals surface area contributed by atoms with Crippen molar-refractivity contribution in [2.75, 3.05) is 18.4 Å². The second-order valence-electron chi connectivity index (χ2n) is 8.54. The fourth-order valence-corrected chi connectivity index (χ4v) is 6.44. The SMILES string of the molecule is O=C(c1ccccc1)c1cc(Cl)ccc1NC(=O)C1CCN(S(=O)(=O)Cc2ccc(Cl)cc2Cl)CC1. The molecule has 1 N–H and O–H groups in total.